The highest BCUT2D eigenvalue weighted by molar-refractivity contribution is 5.20. The van der Waals surface area contributed by atoms with Gasteiger partial charge in [-0.1, -0.05) is 67.6 Å². The number of rotatable bonds is 7. The van der Waals surface area contributed by atoms with Crippen molar-refractivity contribution in [1.29, 1.82) is 0 Å². The van der Waals surface area contributed by atoms with E-state index in [1.807, 2.05) is 0 Å². The Hall–Kier alpha value is -1.64. The Labute approximate surface area is 115 Å². The minimum atomic E-state index is 0.348. The Morgan fingerprint density at radius 2 is 1.53 bits per heavy atom. The van der Waals surface area contributed by atoms with E-state index >= 15 is 0 Å². The van der Waals surface area contributed by atoms with E-state index in [1.54, 1.807) is 0 Å². The zero-order valence-electron chi connectivity index (χ0n) is 11.5. The first-order valence-electron chi connectivity index (χ1n) is 6.93. The highest BCUT2D eigenvalue weighted by atomic mass is 15.0. The van der Waals surface area contributed by atoms with E-state index in [0.717, 1.165) is 19.6 Å². The van der Waals surface area contributed by atoms with E-state index in [-0.39, 0.29) is 0 Å². The third kappa shape index (κ3) is 4.51. The Balaban J connectivity index is 1.98. The molecule has 0 aliphatic rings. The van der Waals surface area contributed by atoms with Crippen LogP contribution in [-0.2, 0) is 6.54 Å². The van der Waals surface area contributed by atoms with Crippen LogP contribution in [0.4, 0.5) is 0 Å². The molecule has 2 rings (SSSR count). The maximum atomic E-state index is 3.62. The van der Waals surface area contributed by atoms with Crippen LogP contribution >= 0.6 is 0 Å². The normalized spacial score (nSPS) is 12.3. The molecule has 1 unspecified atom stereocenters. The van der Waals surface area contributed by atoms with Crippen LogP contribution in [0, 0.1) is 0 Å². The van der Waals surface area contributed by atoms with E-state index in [9.17, 15) is 0 Å². The minimum Gasteiger partial charge on any atom is -0.315 e. The number of likely N-dealkylation sites (N-methyl/N-ethyl adjacent to an activating group) is 1. The molecule has 100 valence electrons. The van der Waals surface area contributed by atoms with E-state index in [0.29, 0.717) is 6.04 Å². The van der Waals surface area contributed by atoms with Gasteiger partial charge in [-0.05, 0) is 17.7 Å². The summed E-state index contributed by atoms with van der Waals surface area (Å²) in [5.74, 6) is 0. The van der Waals surface area contributed by atoms with Crippen molar-refractivity contribution in [2.45, 2.75) is 19.5 Å². The zero-order valence-corrected chi connectivity index (χ0v) is 11.5. The fourth-order valence-electron chi connectivity index (χ4n) is 2.12. The van der Waals surface area contributed by atoms with Crippen LogP contribution in [0.3, 0.4) is 0 Å². The van der Waals surface area contributed by atoms with Crippen molar-refractivity contribution in [3.8, 4) is 0 Å². The predicted octanol–water partition coefficient (Wildman–Crippen LogP) is 3.13. The molecule has 0 radical (unpaired) electrons. The smallest absolute Gasteiger partial charge is 0.0449 e. The molecule has 1 atom stereocenters. The number of nitrogens with one attached hydrogen (secondary N) is 2. The number of benzene rings is 2. The molecule has 2 N–H and O–H groups in total. The van der Waals surface area contributed by atoms with Gasteiger partial charge in [0.05, 0.1) is 0 Å². The van der Waals surface area contributed by atoms with Crippen molar-refractivity contribution in [2.75, 3.05) is 13.1 Å². The Bertz CT molecular complexity index is 453. The summed E-state index contributed by atoms with van der Waals surface area (Å²) in [7, 11) is 0. The van der Waals surface area contributed by atoms with Gasteiger partial charge in [-0.25, -0.2) is 0 Å². The molecule has 0 fully saturated rings. The zero-order chi connectivity index (χ0) is 13.3. The van der Waals surface area contributed by atoms with Gasteiger partial charge in [-0.3, -0.25) is 0 Å². The minimum absolute atomic E-state index is 0.348. The maximum absolute atomic E-state index is 3.62. The standard InChI is InChI=1S/C17H22N2/c1-2-18-14-17(16-11-7-4-8-12-16)19-13-15-9-5-3-6-10-15/h3-12,17-19H,2,13-14H2,1H3. The molecule has 2 heteroatoms. The molecule has 0 spiro atoms. The molecular weight excluding hydrogens is 232 g/mol. The summed E-state index contributed by atoms with van der Waals surface area (Å²) in [5.41, 5.74) is 2.65. The molecule has 0 bridgehead atoms. The molecule has 2 nitrogen and oxygen atoms in total. The first kappa shape index (κ1) is 13.8. The molecule has 0 saturated heterocycles. The lowest BCUT2D eigenvalue weighted by Gasteiger charge is -2.19. The Kier molecular flexibility index (Phi) is 5.60. The molecule has 0 heterocycles. The van der Waals surface area contributed by atoms with E-state index in [1.165, 1.54) is 11.1 Å². The van der Waals surface area contributed by atoms with Crippen molar-refractivity contribution >= 4 is 0 Å². The second-order valence-corrected chi connectivity index (χ2v) is 4.64. The SMILES string of the molecule is CCNCC(NCc1ccccc1)c1ccccc1. The highest BCUT2D eigenvalue weighted by Gasteiger charge is 2.09. The fraction of sp³-hybridized carbons (Fsp3) is 0.294. The lowest BCUT2D eigenvalue weighted by atomic mass is 10.1. The Morgan fingerprint density at radius 3 is 2.16 bits per heavy atom. The average Bonchev–Trinajstić information content (AvgIpc) is 2.49. The van der Waals surface area contributed by atoms with Crippen LogP contribution in [0.15, 0.2) is 60.7 Å². The monoisotopic (exact) mass is 254 g/mol. The molecule has 19 heavy (non-hydrogen) atoms. The van der Waals surface area contributed by atoms with Gasteiger partial charge in [0.15, 0.2) is 0 Å². The molecule has 2 aromatic carbocycles. The van der Waals surface area contributed by atoms with Crippen LogP contribution in [0.2, 0.25) is 0 Å². The summed E-state index contributed by atoms with van der Waals surface area (Å²) in [6.45, 7) is 4.98. The summed E-state index contributed by atoms with van der Waals surface area (Å²) in [5, 5.41) is 7.05. The molecule has 2 aromatic rings. The fourth-order valence-corrected chi connectivity index (χ4v) is 2.12. The molecule has 0 saturated carbocycles. The lowest BCUT2D eigenvalue weighted by molar-refractivity contribution is 0.495. The summed E-state index contributed by atoms with van der Waals surface area (Å²) < 4.78 is 0. The van der Waals surface area contributed by atoms with Gasteiger partial charge >= 0.3 is 0 Å². The highest BCUT2D eigenvalue weighted by Crippen LogP contribution is 2.12. The molecular formula is C17H22N2. The molecule has 0 aliphatic heterocycles. The van der Waals surface area contributed by atoms with Crippen molar-refractivity contribution in [3.63, 3.8) is 0 Å². The largest absolute Gasteiger partial charge is 0.315 e. The van der Waals surface area contributed by atoms with Crippen LogP contribution in [0.5, 0.6) is 0 Å². The van der Waals surface area contributed by atoms with Crippen LogP contribution in [-0.4, -0.2) is 13.1 Å². The Morgan fingerprint density at radius 1 is 0.895 bits per heavy atom. The van der Waals surface area contributed by atoms with Crippen molar-refractivity contribution < 1.29 is 0 Å². The third-order valence-corrected chi connectivity index (χ3v) is 3.20. The van der Waals surface area contributed by atoms with Gasteiger partial charge in [0.25, 0.3) is 0 Å². The second kappa shape index (κ2) is 7.72. The van der Waals surface area contributed by atoms with Gasteiger partial charge < -0.3 is 10.6 Å². The first-order chi connectivity index (χ1) is 9.40. The summed E-state index contributed by atoms with van der Waals surface area (Å²) in [6, 6.07) is 21.5. The topological polar surface area (TPSA) is 24.1 Å². The van der Waals surface area contributed by atoms with E-state index in [4.69, 9.17) is 0 Å². The van der Waals surface area contributed by atoms with Crippen LogP contribution < -0.4 is 10.6 Å². The van der Waals surface area contributed by atoms with E-state index < -0.39 is 0 Å². The summed E-state index contributed by atoms with van der Waals surface area (Å²) >= 11 is 0. The van der Waals surface area contributed by atoms with Gasteiger partial charge in [0.1, 0.15) is 0 Å². The average molecular weight is 254 g/mol. The van der Waals surface area contributed by atoms with Gasteiger partial charge in [0, 0.05) is 19.1 Å². The predicted molar refractivity (Wildman–Crippen MR) is 81.0 cm³/mol. The van der Waals surface area contributed by atoms with Crippen LogP contribution in [0.1, 0.15) is 24.1 Å². The molecule has 0 amide bonds. The van der Waals surface area contributed by atoms with Gasteiger partial charge in [-0.15, -0.1) is 0 Å². The first-order valence-corrected chi connectivity index (χ1v) is 6.93. The van der Waals surface area contributed by atoms with Gasteiger partial charge in [-0.2, -0.15) is 0 Å². The number of hydrogen-bond donors (Lipinski definition) is 2. The van der Waals surface area contributed by atoms with Crippen molar-refractivity contribution in [2.24, 2.45) is 0 Å². The molecule has 0 aliphatic carbocycles. The molecule has 0 aromatic heterocycles. The second-order valence-electron chi connectivity index (χ2n) is 4.64. The number of hydrogen-bond acceptors (Lipinski definition) is 2. The van der Waals surface area contributed by atoms with Crippen LogP contribution in [0.25, 0.3) is 0 Å². The third-order valence-electron chi connectivity index (χ3n) is 3.20. The summed E-state index contributed by atoms with van der Waals surface area (Å²) in [4.78, 5) is 0. The van der Waals surface area contributed by atoms with Crippen molar-refractivity contribution in [3.05, 3.63) is 71.8 Å². The maximum Gasteiger partial charge on any atom is 0.0449 e. The van der Waals surface area contributed by atoms with Crippen molar-refractivity contribution in [1.82, 2.24) is 10.6 Å². The van der Waals surface area contributed by atoms with Gasteiger partial charge in [0.2, 0.25) is 0 Å². The lowest BCUT2D eigenvalue weighted by Crippen LogP contribution is -2.31. The quantitative estimate of drug-likeness (QED) is 0.793. The van der Waals surface area contributed by atoms with E-state index in [2.05, 4.69) is 78.2 Å². The summed E-state index contributed by atoms with van der Waals surface area (Å²) in [6.07, 6.45) is 0.